The molecule has 0 aliphatic carbocycles. The molecule has 0 fully saturated rings. The molecule has 0 aliphatic rings. The molecule has 0 atom stereocenters. The molecule has 0 heterocycles. The SMILES string of the molecule is CC(C)(CN)CN(CO)CCCCNCCCN. The van der Waals surface area contributed by atoms with Gasteiger partial charge in [-0.15, -0.1) is 0 Å². The Kier molecular flexibility index (Phi) is 10.6. The minimum Gasteiger partial charge on any atom is -0.381 e. The van der Waals surface area contributed by atoms with Gasteiger partial charge in [0.1, 0.15) is 0 Å². The molecule has 0 saturated carbocycles. The lowest BCUT2D eigenvalue weighted by Gasteiger charge is -2.30. The first-order valence-electron chi connectivity index (χ1n) is 7.00. The zero-order valence-electron chi connectivity index (χ0n) is 12.1. The maximum Gasteiger partial charge on any atom is 0.0956 e. The Morgan fingerprint density at radius 3 is 2.33 bits per heavy atom. The van der Waals surface area contributed by atoms with Crippen LogP contribution in [0.25, 0.3) is 0 Å². The number of nitrogens with two attached hydrogens (primary N) is 2. The normalized spacial score (nSPS) is 12.3. The van der Waals surface area contributed by atoms with Crippen molar-refractivity contribution in [3.63, 3.8) is 0 Å². The van der Waals surface area contributed by atoms with E-state index in [4.69, 9.17) is 11.5 Å². The third-order valence-corrected chi connectivity index (χ3v) is 3.04. The minimum absolute atomic E-state index is 0.0715. The number of rotatable bonds is 12. The number of nitrogens with one attached hydrogen (secondary N) is 1. The van der Waals surface area contributed by atoms with Crippen LogP contribution in [0.1, 0.15) is 33.1 Å². The van der Waals surface area contributed by atoms with Crippen LogP contribution in [0.2, 0.25) is 0 Å². The molecule has 0 aromatic rings. The first kappa shape index (κ1) is 17.8. The fourth-order valence-corrected chi connectivity index (χ4v) is 1.81. The van der Waals surface area contributed by atoms with Crippen LogP contribution < -0.4 is 16.8 Å². The molecular weight excluding hydrogens is 228 g/mol. The van der Waals surface area contributed by atoms with E-state index in [1.807, 2.05) is 0 Å². The van der Waals surface area contributed by atoms with Crippen molar-refractivity contribution in [1.29, 1.82) is 0 Å². The molecule has 0 rings (SSSR count). The van der Waals surface area contributed by atoms with E-state index >= 15 is 0 Å². The smallest absolute Gasteiger partial charge is 0.0956 e. The lowest BCUT2D eigenvalue weighted by molar-refractivity contribution is 0.0719. The Bertz CT molecular complexity index is 188. The molecule has 6 N–H and O–H groups in total. The summed E-state index contributed by atoms with van der Waals surface area (Å²) < 4.78 is 0. The Morgan fingerprint density at radius 2 is 1.78 bits per heavy atom. The van der Waals surface area contributed by atoms with E-state index < -0.39 is 0 Å². The van der Waals surface area contributed by atoms with Gasteiger partial charge >= 0.3 is 0 Å². The van der Waals surface area contributed by atoms with Crippen LogP contribution in [0.3, 0.4) is 0 Å². The van der Waals surface area contributed by atoms with Crippen molar-refractivity contribution in [3.05, 3.63) is 0 Å². The molecule has 0 unspecified atom stereocenters. The van der Waals surface area contributed by atoms with Crippen molar-refractivity contribution < 1.29 is 5.11 Å². The first-order chi connectivity index (χ1) is 8.55. The van der Waals surface area contributed by atoms with E-state index in [0.717, 1.165) is 52.0 Å². The highest BCUT2D eigenvalue weighted by molar-refractivity contribution is 4.73. The summed E-state index contributed by atoms with van der Waals surface area (Å²) in [5.41, 5.74) is 11.2. The van der Waals surface area contributed by atoms with Crippen molar-refractivity contribution >= 4 is 0 Å². The van der Waals surface area contributed by atoms with Gasteiger partial charge in [0.05, 0.1) is 6.73 Å². The average molecular weight is 260 g/mol. The van der Waals surface area contributed by atoms with E-state index in [0.29, 0.717) is 6.54 Å². The molecule has 0 amide bonds. The fraction of sp³-hybridized carbons (Fsp3) is 1.00. The lowest BCUT2D eigenvalue weighted by Crippen LogP contribution is -2.39. The Balaban J connectivity index is 3.56. The lowest BCUT2D eigenvalue weighted by atomic mass is 9.93. The van der Waals surface area contributed by atoms with Gasteiger partial charge in [0.2, 0.25) is 0 Å². The quantitative estimate of drug-likeness (QED) is 0.292. The zero-order valence-corrected chi connectivity index (χ0v) is 12.1. The summed E-state index contributed by atoms with van der Waals surface area (Å²) in [7, 11) is 0. The van der Waals surface area contributed by atoms with E-state index in [1.54, 1.807) is 0 Å². The van der Waals surface area contributed by atoms with Crippen LogP contribution in [0.15, 0.2) is 0 Å². The second-order valence-corrected chi connectivity index (χ2v) is 5.66. The second-order valence-electron chi connectivity index (χ2n) is 5.66. The molecule has 0 saturated heterocycles. The van der Waals surface area contributed by atoms with Crippen LogP contribution in [-0.2, 0) is 0 Å². The van der Waals surface area contributed by atoms with E-state index in [2.05, 4.69) is 24.1 Å². The first-order valence-corrected chi connectivity index (χ1v) is 7.00. The van der Waals surface area contributed by atoms with Crippen LogP contribution >= 0.6 is 0 Å². The maximum atomic E-state index is 9.31. The summed E-state index contributed by atoms with van der Waals surface area (Å²) in [6, 6.07) is 0. The predicted molar refractivity (Wildman–Crippen MR) is 77.3 cm³/mol. The monoisotopic (exact) mass is 260 g/mol. The van der Waals surface area contributed by atoms with Crippen molar-refractivity contribution in [2.24, 2.45) is 16.9 Å². The minimum atomic E-state index is 0.0715. The second kappa shape index (κ2) is 10.7. The summed E-state index contributed by atoms with van der Waals surface area (Å²) in [5.74, 6) is 0. The predicted octanol–water partition coefficient (Wildman–Crippen LogP) is -0.0583. The van der Waals surface area contributed by atoms with Crippen molar-refractivity contribution in [2.45, 2.75) is 33.1 Å². The maximum absolute atomic E-state index is 9.31. The van der Waals surface area contributed by atoms with Crippen LogP contribution in [0, 0.1) is 5.41 Å². The highest BCUT2D eigenvalue weighted by atomic mass is 16.3. The molecule has 0 aromatic carbocycles. The fourth-order valence-electron chi connectivity index (χ4n) is 1.81. The van der Waals surface area contributed by atoms with E-state index in [9.17, 15) is 5.11 Å². The molecule has 0 bridgehead atoms. The van der Waals surface area contributed by atoms with Gasteiger partial charge in [-0.25, -0.2) is 0 Å². The van der Waals surface area contributed by atoms with Gasteiger partial charge in [-0.2, -0.15) is 0 Å². The van der Waals surface area contributed by atoms with Crippen LogP contribution in [0.5, 0.6) is 0 Å². The highest BCUT2D eigenvalue weighted by Crippen LogP contribution is 2.14. The van der Waals surface area contributed by atoms with Crippen molar-refractivity contribution in [2.75, 3.05) is 46.0 Å². The summed E-state index contributed by atoms with van der Waals surface area (Å²) >= 11 is 0. The van der Waals surface area contributed by atoms with Gasteiger partial charge in [0.25, 0.3) is 0 Å². The summed E-state index contributed by atoms with van der Waals surface area (Å²) in [5, 5.41) is 12.7. The standard InChI is InChI=1S/C13H32N4O/c1-13(2,10-15)11-17(12-18)9-4-3-7-16-8-5-6-14/h16,18H,3-12,14-15H2,1-2H3. The Labute approximate surface area is 112 Å². The molecule has 0 spiro atoms. The third kappa shape index (κ3) is 9.79. The number of aliphatic hydroxyl groups is 1. The molecule has 0 aliphatic heterocycles. The molecule has 5 nitrogen and oxygen atoms in total. The highest BCUT2D eigenvalue weighted by Gasteiger charge is 2.19. The third-order valence-electron chi connectivity index (χ3n) is 3.04. The number of nitrogens with zero attached hydrogens (tertiary/aromatic N) is 1. The van der Waals surface area contributed by atoms with Crippen molar-refractivity contribution in [1.82, 2.24) is 10.2 Å². The zero-order chi connectivity index (χ0) is 13.9. The average Bonchev–Trinajstić information content (AvgIpc) is 2.36. The summed E-state index contributed by atoms with van der Waals surface area (Å²) in [6.45, 7) is 9.57. The van der Waals surface area contributed by atoms with Crippen molar-refractivity contribution in [3.8, 4) is 0 Å². The van der Waals surface area contributed by atoms with Crippen LogP contribution in [-0.4, -0.2) is 56.0 Å². The molecule has 18 heavy (non-hydrogen) atoms. The number of unbranched alkanes of at least 4 members (excludes halogenated alkanes) is 1. The van der Waals surface area contributed by atoms with Crippen LogP contribution in [0.4, 0.5) is 0 Å². The van der Waals surface area contributed by atoms with Gasteiger partial charge in [-0.3, -0.25) is 4.90 Å². The summed E-state index contributed by atoms with van der Waals surface area (Å²) in [6.07, 6.45) is 3.26. The molecular formula is C13H32N4O. The molecule has 110 valence electrons. The van der Waals surface area contributed by atoms with E-state index in [-0.39, 0.29) is 12.1 Å². The molecule has 5 heteroatoms. The van der Waals surface area contributed by atoms with E-state index in [1.165, 1.54) is 0 Å². The Morgan fingerprint density at radius 1 is 1.11 bits per heavy atom. The molecule has 0 aromatic heterocycles. The van der Waals surface area contributed by atoms with Gasteiger partial charge < -0.3 is 21.9 Å². The number of hydrogen-bond donors (Lipinski definition) is 4. The number of aliphatic hydroxyl groups excluding tert-OH is 1. The van der Waals surface area contributed by atoms with Gasteiger partial charge in [-0.1, -0.05) is 13.8 Å². The Hall–Kier alpha value is -0.200. The topological polar surface area (TPSA) is 87.5 Å². The van der Waals surface area contributed by atoms with Gasteiger partial charge in [0.15, 0.2) is 0 Å². The molecule has 0 radical (unpaired) electrons. The largest absolute Gasteiger partial charge is 0.381 e. The van der Waals surface area contributed by atoms with Gasteiger partial charge in [0, 0.05) is 13.1 Å². The summed E-state index contributed by atoms with van der Waals surface area (Å²) in [4.78, 5) is 2.06. The number of hydrogen-bond acceptors (Lipinski definition) is 5. The van der Waals surface area contributed by atoms with Gasteiger partial charge in [-0.05, 0) is 50.9 Å².